The van der Waals surface area contributed by atoms with Crippen LogP contribution in [0.4, 0.5) is 0 Å². The molecule has 0 spiro atoms. The Bertz CT molecular complexity index is 3520. The van der Waals surface area contributed by atoms with E-state index in [2.05, 4.69) is 203 Å². The molecule has 0 unspecified atom stereocenters. The van der Waals surface area contributed by atoms with Crippen molar-refractivity contribution >= 4 is 76.1 Å². The number of para-hydroxylation sites is 3. The molecular weight excluding hydrogens is 681 g/mol. The zero-order valence-electron chi connectivity index (χ0n) is 30.3. The molecule has 0 radical (unpaired) electrons. The highest BCUT2D eigenvalue weighted by atomic mass is 15.2. The highest BCUT2D eigenvalue weighted by molar-refractivity contribution is 6.25. The van der Waals surface area contributed by atoms with E-state index in [1.54, 1.807) is 0 Å². The van der Waals surface area contributed by atoms with E-state index in [4.69, 9.17) is 9.97 Å². The molecule has 3 aromatic heterocycles. The lowest BCUT2D eigenvalue weighted by atomic mass is 10.0. The van der Waals surface area contributed by atoms with Crippen LogP contribution in [0.5, 0.6) is 0 Å². The molecule has 0 saturated heterocycles. The third kappa shape index (κ3) is 4.47. The number of benzene rings is 9. The summed E-state index contributed by atoms with van der Waals surface area (Å²) < 4.78 is 4.74. The standard InChI is InChI=1S/C52H32N4/c1-2-14-33(15-3-1)34-26-28-36(29-27-34)51-40-20-8-11-23-43(40)53-52(54-51)56-45-25-13-10-22-42(45)50-39-19-7-6-18-38(39)47(32-48(50)56)55-44-24-12-9-21-41(44)49-37-17-5-4-16-35(37)30-31-46(49)55/h1-32H. The lowest BCUT2D eigenvalue weighted by molar-refractivity contribution is 1.01. The van der Waals surface area contributed by atoms with Gasteiger partial charge in [0.05, 0.1) is 39.0 Å². The molecule has 0 amide bonds. The average molecular weight is 713 g/mol. The van der Waals surface area contributed by atoms with Gasteiger partial charge in [0.15, 0.2) is 0 Å². The first-order valence-electron chi connectivity index (χ1n) is 19.1. The Morgan fingerprint density at radius 3 is 1.64 bits per heavy atom. The van der Waals surface area contributed by atoms with Gasteiger partial charge in [-0.2, -0.15) is 0 Å². The number of hydrogen-bond donors (Lipinski definition) is 0. The molecule has 0 atom stereocenters. The van der Waals surface area contributed by atoms with E-state index in [1.807, 2.05) is 0 Å². The third-order valence-corrected chi connectivity index (χ3v) is 11.5. The van der Waals surface area contributed by atoms with Gasteiger partial charge in [-0.25, -0.2) is 9.97 Å². The Kier molecular flexibility index (Phi) is 6.60. The number of nitrogens with zero attached hydrogens (tertiary/aromatic N) is 4. The van der Waals surface area contributed by atoms with Gasteiger partial charge >= 0.3 is 0 Å². The van der Waals surface area contributed by atoms with Gasteiger partial charge in [-0.05, 0) is 57.6 Å². The lowest BCUT2D eigenvalue weighted by Gasteiger charge is -2.15. The van der Waals surface area contributed by atoms with Crippen molar-refractivity contribution in [1.82, 2.24) is 19.1 Å². The van der Waals surface area contributed by atoms with E-state index in [1.165, 1.54) is 65.3 Å². The first-order chi connectivity index (χ1) is 27.8. The Hall–Kier alpha value is -7.56. The van der Waals surface area contributed by atoms with Gasteiger partial charge in [0.1, 0.15) is 0 Å². The Morgan fingerprint density at radius 1 is 0.321 bits per heavy atom. The van der Waals surface area contributed by atoms with Crippen LogP contribution < -0.4 is 0 Å². The first-order valence-corrected chi connectivity index (χ1v) is 19.1. The van der Waals surface area contributed by atoms with Crippen LogP contribution in [-0.4, -0.2) is 19.1 Å². The van der Waals surface area contributed by atoms with E-state index in [0.717, 1.165) is 38.9 Å². The molecule has 56 heavy (non-hydrogen) atoms. The topological polar surface area (TPSA) is 35.6 Å². The monoisotopic (exact) mass is 712 g/mol. The van der Waals surface area contributed by atoms with Gasteiger partial charge in [-0.1, -0.05) is 164 Å². The Balaban J connectivity index is 1.18. The zero-order chi connectivity index (χ0) is 36.7. The Labute approximate surface area is 322 Å². The minimum atomic E-state index is 0.645. The lowest BCUT2D eigenvalue weighted by Crippen LogP contribution is -2.04. The predicted octanol–water partition coefficient (Wildman–Crippen LogP) is 13.5. The van der Waals surface area contributed by atoms with Crippen molar-refractivity contribution in [3.63, 3.8) is 0 Å². The van der Waals surface area contributed by atoms with Gasteiger partial charge in [-0.3, -0.25) is 4.57 Å². The molecule has 0 fully saturated rings. The van der Waals surface area contributed by atoms with Crippen LogP contribution in [0.15, 0.2) is 194 Å². The first kappa shape index (κ1) is 30.9. The number of hydrogen-bond acceptors (Lipinski definition) is 2. The maximum Gasteiger partial charge on any atom is 0.235 e. The van der Waals surface area contributed by atoms with Crippen molar-refractivity contribution < 1.29 is 0 Å². The minimum absolute atomic E-state index is 0.645. The number of rotatable bonds is 4. The van der Waals surface area contributed by atoms with Crippen molar-refractivity contribution in [3.8, 4) is 34.0 Å². The fraction of sp³-hybridized carbons (Fsp3) is 0. The summed E-state index contributed by atoms with van der Waals surface area (Å²) >= 11 is 0. The number of aromatic nitrogens is 4. The summed E-state index contributed by atoms with van der Waals surface area (Å²) in [5.74, 6) is 0.645. The molecule has 12 rings (SSSR count). The molecule has 4 nitrogen and oxygen atoms in total. The molecule has 0 aliphatic heterocycles. The van der Waals surface area contributed by atoms with Crippen LogP contribution in [0, 0.1) is 0 Å². The minimum Gasteiger partial charge on any atom is -0.309 e. The maximum atomic E-state index is 5.47. The normalized spacial score (nSPS) is 11.9. The molecule has 0 aliphatic rings. The summed E-state index contributed by atoms with van der Waals surface area (Å²) in [7, 11) is 0. The van der Waals surface area contributed by atoms with Gasteiger partial charge in [0.2, 0.25) is 5.95 Å². The predicted molar refractivity (Wildman–Crippen MR) is 234 cm³/mol. The second-order valence-corrected chi connectivity index (χ2v) is 14.6. The molecule has 0 aliphatic carbocycles. The van der Waals surface area contributed by atoms with Crippen molar-refractivity contribution in [2.75, 3.05) is 0 Å². The fourth-order valence-corrected chi connectivity index (χ4v) is 9.05. The van der Waals surface area contributed by atoms with Crippen LogP contribution in [0.3, 0.4) is 0 Å². The highest BCUT2D eigenvalue weighted by Gasteiger charge is 2.23. The molecule has 12 aromatic rings. The van der Waals surface area contributed by atoms with Crippen LogP contribution in [0.25, 0.3) is 110 Å². The highest BCUT2D eigenvalue weighted by Crippen LogP contribution is 2.43. The average Bonchev–Trinajstić information content (AvgIpc) is 3.79. The molecule has 3 heterocycles. The summed E-state index contributed by atoms with van der Waals surface area (Å²) in [6.07, 6.45) is 0. The molecular formula is C52H32N4. The van der Waals surface area contributed by atoms with Crippen LogP contribution in [0.2, 0.25) is 0 Å². The van der Waals surface area contributed by atoms with Crippen LogP contribution in [-0.2, 0) is 0 Å². The summed E-state index contributed by atoms with van der Waals surface area (Å²) in [5, 5.41) is 10.8. The zero-order valence-corrected chi connectivity index (χ0v) is 30.3. The molecule has 0 saturated carbocycles. The smallest absolute Gasteiger partial charge is 0.235 e. The van der Waals surface area contributed by atoms with E-state index >= 15 is 0 Å². The van der Waals surface area contributed by atoms with Crippen molar-refractivity contribution in [2.45, 2.75) is 0 Å². The second-order valence-electron chi connectivity index (χ2n) is 14.6. The van der Waals surface area contributed by atoms with Crippen molar-refractivity contribution in [2.24, 2.45) is 0 Å². The summed E-state index contributed by atoms with van der Waals surface area (Å²) in [6, 6.07) is 69.6. The van der Waals surface area contributed by atoms with E-state index in [-0.39, 0.29) is 0 Å². The van der Waals surface area contributed by atoms with E-state index in [0.29, 0.717) is 5.95 Å². The quantitative estimate of drug-likeness (QED) is 0.182. The van der Waals surface area contributed by atoms with Crippen LogP contribution in [0.1, 0.15) is 0 Å². The SMILES string of the molecule is c1ccc(-c2ccc(-c3nc(-n4c5ccccc5c5c6ccccc6c(-n6c7ccccc7c7c8ccccc8ccc76)cc54)nc4ccccc34)cc2)cc1. The number of fused-ring (bicyclic) bond motifs is 11. The molecule has 0 bridgehead atoms. The summed E-state index contributed by atoms with van der Waals surface area (Å²) in [6.45, 7) is 0. The van der Waals surface area contributed by atoms with E-state index in [9.17, 15) is 0 Å². The van der Waals surface area contributed by atoms with Gasteiger partial charge in [-0.15, -0.1) is 0 Å². The third-order valence-electron chi connectivity index (χ3n) is 11.5. The summed E-state index contributed by atoms with van der Waals surface area (Å²) in [4.78, 5) is 10.8. The van der Waals surface area contributed by atoms with E-state index < -0.39 is 0 Å². The largest absolute Gasteiger partial charge is 0.309 e. The van der Waals surface area contributed by atoms with Gasteiger partial charge in [0.25, 0.3) is 0 Å². The molecule has 260 valence electrons. The Morgan fingerprint density at radius 2 is 0.875 bits per heavy atom. The second kappa shape index (κ2) is 12.0. The van der Waals surface area contributed by atoms with Gasteiger partial charge in [0, 0.05) is 37.9 Å². The van der Waals surface area contributed by atoms with Crippen molar-refractivity contribution in [3.05, 3.63) is 194 Å². The summed E-state index contributed by atoms with van der Waals surface area (Å²) in [5.41, 5.74) is 10.8. The molecule has 4 heteroatoms. The molecule has 0 N–H and O–H groups in total. The fourth-order valence-electron chi connectivity index (χ4n) is 9.05. The molecule has 9 aromatic carbocycles. The van der Waals surface area contributed by atoms with Crippen molar-refractivity contribution in [1.29, 1.82) is 0 Å². The maximum absolute atomic E-state index is 5.47. The van der Waals surface area contributed by atoms with Gasteiger partial charge < -0.3 is 4.57 Å². The van der Waals surface area contributed by atoms with Crippen LogP contribution >= 0.6 is 0 Å².